The number of hydrogen-bond donors (Lipinski definition) is 1. The van der Waals surface area contributed by atoms with Gasteiger partial charge in [0.1, 0.15) is 5.69 Å². The number of para-hydroxylation sites is 1. The molecule has 0 radical (unpaired) electrons. The Morgan fingerprint density at radius 2 is 1.74 bits per heavy atom. The van der Waals surface area contributed by atoms with Crippen molar-refractivity contribution < 1.29 is 9.59 Å². The Kier molecular flexibility index (Phi) is 5.84. The highest BCUT2D eigenvalue weighted by Crippen LogP contribution is 2.16. The third-order valence-electron chi connectivity index (χ3n) is 4.09. The molecule has 1 N–H and O–H groups in total. The first-order valence-corrected chi connectivity index (χ1v) is 8.75. The molecule has 0 spiro atoms. The van der Waals surface area contributed by atoms with Gasteiger partial charge < -0.3 is 10.2 Å². The van der Waals surface area contributed by atoms with Gasteiger partial charge in [0.15, 0.2) is 0 Å². The summed E-state index contributed by atoms with van der Waals surface area (Å²) in [5, 5.41) is 3.40. The number of nitrogens with zero attached hydrogens (tertiary/aromatic N) is 2. The van der Waals surface area contributed by atoms with Crippen LogP contribution in [0.1, 0.15) is 26.4 Å². The lowest BCUT2D eigenvalue weighted by Gasteiger charge is -2.17. The number of halogens is 1. The van der Waals surface area contributed by atoms with Crippen LogP contribution in [-0.2, 0) is 6.54 Å². The molecule has 5 nitrogen and oxygen atoms in total. The largest absolute Gasteiger partial charge is 0.348 e. The number of nitrogens with one attached hydrogen (secondary N) is 1. The monoisotopic (exact) mass is 379 g/mol. The molecule has 0 fully saturated rings. The molecule has 3 aromatic rings. The Hall–Kier alpha value is -3.18. The number of benzene rings is 2. The summed E-state index contributed by atoms with van der Waals surface area (Å²) in [5.41, 5.74) is 2.13. The van der Waals surface area contributed by atoms with Gasteiger partial charge in [-0.1, -0.05) is 48.0 Å². The Morgan fingerprint density at radius 1 is 1.04 bits per heavy atom. The minimum atomic E-state index is -0.297. The highest BCUT2D eigenvalue weighted by molar-refractivity contribution is 6.31. The molecular weight excluding hydrogens is 362 g/mol. The minimum Gasteiger partial charge on any atom is -0.348 e. The van der Waals surface area contributed by atoms with Gasteiger partial charge in [0.05, 0.1) is 0 Å². The van der Waals surface area contributed by atoms with Gasteiger partial charge in [-0.05, 0) is 35.9 Å². The summed E-state index contributed by atoms with van der Waals surface area (Å²) in [6.45, 7) is 0.300. The highest BCUT2D eigenvalue weighted by atomic mass is 35.5. The fourth-order valence-corrected chi connectivity index (χ4v) is 2.75. The van der Waals surface area contributed by atoms with Gasteiger partial charge in [-0.25, -0.2) is 0 Å². The van der Waals surface area contributed by atoms with Crippen LogP contribution in [0.15, 0.2) is 72.9 Å². The predicted molar refractivity (Wildman–Crippen MR) is 106 cm³/mol. The van der Waals surface area contributed by atoms with Crippen LogP contribution in [0, 0.1) is 0 Å². The zero-order valence-electron chi connectivity index (χ0n) is 14.7. The van der Waals surface area contributed by atoms with Crippen LogP contribution in [0.25, 0.3) is 0 Å². The molecule has 27 heavy (non-hydrogen) atoms. The van der Waals surface area contributed by atoms with Crippen LogP contribution in [0.4, 0.5) is 5.69 Å². The van der Waals surface area contributed by atoms with E-state index in [1.807, 2.05) is 48.5 Å². The number of anilines is 1. The van der Waals surface area contributed by atoms with Crippen molar-refractivity contribution in [1.82, 2.24) is 10.3 Å². The zero-order valence-corrected chi connectivity index (χ0v) is 15.5. The molecular formula is C21H18ClN3O2. The van der Waals surface area contributed by atoms with Crippen LogP contribution in [0.2, 0.25) is 5.02 Å². The number of rotatable bonds is 5. The molecule has 6 heteroatoms. The van der Waals surface area contributed by atoms with Crippen molar-refractivity contribution in [3.8, 4) is 0 Å². The molecule has 0 saturated carbocycles. The predicted octanol–water partition coefficient (Wildman–Crippen LogP) is 3.94. The van der Waals surface area contributed by atoms with E-state index in [0.29, 0.717) is 17.1 Å². The lowest BCUT2D eigenvalue weighted by molar-refractivity contribution is 0.0951. The van der Waals surface area contributed by atoms with Gasteiger partial charge in [0, 0.05) is 36.1 Å². The maximum absolute atomic E-state index is 12.7. The van der Waals surface area contributed by atoms with E-state index in [1.165, 1.54) is 17.2 Å². The molecule has 0 aliphatic rings. The maximum atomic E-state index is 12.7. The third-order valence-corrected chi connectivity index (χ3v) is 4.46. The van der Waals surface area contributed by atoms with E-state index in [-0.39, 0.29) is 17.5 Å². The first-order valence-electron chi connectivity index (χ1n) is 8.37. The van der Waals surface area contributed by atoms with Gasteiger partial charge in [-0.3, -0.25) is 14.6 Å². The molecule has 0 saturated heterocycles. The average Bonchev–Trinajstić information content (AvgIpc) is 2.72. The molecule has 0 unspecified atom stereocenters. The highest BCUT2D eigenvalue weighted by Gasteiger charge is 2.17. The van der Waals surface area contributed by atoms with E-state index in [9.17, 15) is 9.59 Å². The molecule has 0 atom stereocenters. The molecule has 3 rings (SSSR count). The number of carbonyl (C=O) groups excluding carboxylic acids is 2. The summed E-state index contributed by atoms with van der Waals surface area (Å²) >= 11 is 6.10. The second-order valence-electron chi connectivity index (χ2n) is 5.90. The van der Waals surface area contributed by atoms with Crippen LogP contribution in [0.3, 0.4) is 0 Å². The Bertz CT molecular complexity index is 960. The quantitative estimate of drug-likeness (QED) is 0.730. The molecule has 0 aliphatic carbocycles. The van der Waals surface area contributed by atoms with Crippen molar-refractivity contribution in [2.45, 2.75) is 6.54 Å². The van der Waals surface area contributed by atoms with Gasteiger partial charge in [-0.15, -0.1) is 0 Å². The SMILES string of the molecule is CN(C(=O)c1cc(C(=O)NCc2ccccc2Cl)ccn1)c1ccccc1. The van der Waals surface area contributed by atoms with E-state index in [1.54, 1.807) is 19.2 Å². The topological polar surface area (TPSA) is 62.3 Å². The van der Waals surface area contributed by atoms with Crippen molar-refractivity contribution in [2.75, 3.05) is 11.9 Å². The Balaban J connectivity index is 1.72. The van der Waals surface area contributed by atoms with Crippen molar-refractivity contribution in [1.29, 1.82) is 0 Å². The first-order chi connectivity index (χ1) is 13.1. The fourth-order valence-electron chi connectivity index (χ4n) is 2.55. The summed E-state index contributed by atoms with van der Waals surface area (Å²) in [5.74, 6) is -0.587. The second-order valence-corrected chi connectivity index (χ2v) is 6.31. The summed E-state index contributed by atoms with van der Waals surface area (Å²) < 4.78 is 0. The second kappa shape index (κ2) is 8.47. The van der Waals surface area contributed by atoms with Gasteiger partial charge in [0.2, 0.25) is 0 Å². The molecule has 1 aromatic heterocycles. The van der Waals surface area contributed by atoms with Crippen LogP contribution in [-0.4, -0.2) is 23.8 Å². The van der Waals surface area contributed by atoms with Crippen molar-refractivity contribution in [2.24, 2.45) is 0 Å². The first kappa shape index (κ1) is 18.6. The summed E-state index contributed by atoms with van der Waals surface area (Å²) in [6.07, 6.45) is 1.45. The van der Waals surface area contributed by atoms with Gasteiger partial charge >= 0.3 is 0 Å². The van der Waals surface area contributed by atoms with Gasteiger partial charge in [0.25, 0.3) is 11.8 Å². The zero-order chi connectivity index (χ0) is 19.2. The summed E-state index contributed by atoms with van der Waals surface area (Å²) in [7, 11) is 1.67. The summed E-state index contributed by atoms with van der Waals surface area (Å²) in [4.78, 5) is 30.7. The standard InChI is InChI=1S/C21H18ClN3O2/c1-25(17-8-3-2-4-9-17)21(27)19-13-15(11-12-23-19)20(26)24-14-16-7-5-6-10-18(16)22/h2-13H,14H2,1H3,(H,24,26). The lowest BCUT2D eigenvalue weighted by atomic mass is 10.1. The van der Waals surface area contributed by atoms with Crippen molar-refractivity contribution >= 4 is 29.1 Å². The maximum Gasteiger partial charge on any atom is 0.276 e. The van der Waals surface area contributed by atoms with E-state index >= 15 is 0 Å². The van der Waals surface area contributed by atoms with E-state index in [0.717, 1.165) is 11.3 Å². The number of amides is 2. The number of aromatic nitrogens is 1. The molecule has 0 bridgehead atoms. The van der Waals surface area contributed by atoms with Crippen molar-refractivity contribution in [3.63, 3.8) is 0 Å². The smallest absolute Gasteiger partial charge is 0.276 e. The normalized spacial score (nSPS) is 10.3. The average molecular weight is 380 g/mol. The van der Waals surface area contributed by atoms with Crippen LogP contribution in [0.5, 0.6) is 0 Å². The van der Waals surface area contributed by atoms with Crippen LogP contribution >= 0.6 is 11.6 Å². The number of pyridine rings is 1. The Morgan fingerprint density at radius 3 is 2.48 bits per heavy atom. The third kappa shape index (κ3) is 4.51. The molecule has 1 heterocycles. The lowest BCUT2D eigenvalue weighted by Crippen LogP contribution is -2.28. The molecule has 136 valence electrons. The van der Waals surface area contributed by atoms with E-state index < -0.39 is 0 Å². The van der Waals surface area contributed by atoms with E-state index in [4.69, 9.17) is 11.6 Å². The van der Waals surface area contributed by atoms with Crippen molar-refractivity contribution in [3.05, 3.63) is 94.8 Å². The molecule has 2 amide bonds. The molecule has 0 aliphatic heterocycles. The minimum absolute atomic E-state index is 0.201. The Labute approximate surface area is 162 Å². The molecule has 2 aromatic carbocycles. The summed E-state index contributed by atoms with van der Waals surface area (Å²) in [6, 6.07) is 19.6. The number of hydrogen-bond acceptors (Lipinski definition) is 3. The fraction of sp³-hybridized carbons (Fsp3) is 0.0952. The van der Waals surface area contributed by atoms with E-state index in [2.05, 4.69) is 10.3 Å². The number of carbonyl (C=O) groups is 2. The van der Waals surface area contributed by atoms with Gasteiger partial charge in [-0.2, -0.15) is 0 Å². The van der Waals surface area contributed by atoms with Crippen LogP contribution < -0.4 is 10.2 Å².